The average Bonchev–Trinajstić information content (AvgIpc) is 2.75. The van der Waals surface area contributed by atoms with Crippen LogP contribution >= 0.6 is 0 Å². The normalized spacial score (nSPS) is 11.6. The van der Waals surface area contributed by atoms with Crippen molar-refractivity contribution >= 4 is 15.9 Å². The lowest BCUT2D eigenvalue weighted by atomic mass is 10.3. The largest absolute Gasteiger partial charge is 0.383 e. The number of carbonyl (C=O) groups excluding carboxylic acids is 1. The molecule has 0 aliphatic rings. The number of hydrogen-bond acceptors (Lipinski definition) is 5. The predicted molar refractivity (Wildman–Crippen MR) is 72.7 cm³/mol. The van der Waals surface area contributed by atoms with Crippen molar-refractivity contribution in [2.24, 2.45) is 12.2 Å². The smallest absolute Gasteiger partial charge is 0.272 e. The summed E-state index contributed by atoms with van der Waals surface area (Å²) in [6.07, 6.45) is 0.787. The molecule has 2 N–H and O–H groups in total. The van der Waals surface area contributed by atoms with Gasteiger partial charge in [0, 0.05) is 33.3 Å². The molecule has 0 spiro atoms. The maximum Gasteiger partial charge on any atom is 0.272 e. The van der Waals surface area contributed by atoms with E-state index in [0.29, 0.717) is 19.7 Å². The fourth-order valence-electron chi connectivity index (χ4n) is 1.73. The topological polar surface area (TPSA) is 108 Å². The van der Waals surface area contributed by atoms with Crippen molar-refractivity contribution in [1.82, 2.24) is 14.7 Å². The summed E-state index contributed by atoms with van der Waals surface area (Å²) < 4.78 is 28.7. The lowest BCUT2D eigenvalue weighted by Crippen LogP contribution is -2.35. The van der Waals surface area contributed by atoms with E-state index in [1.807, 2.05) is 6.92 Å². The van der Waals surface area contributed by atoms with Crippen molar-refractivity contribution in [3.8, 4) is 0 Å². The van der Waals surface area contributed by atoms with Gasteiger partial charge in [0.25, 0.3) is 15.9 Å². The molecule has 0 radical (unpaired) electrons. The third kappa shape index (κ3) is 4.02. The second-order valence-electron chi connectivity index (χ2n) is 4.32. The van der Waals surface area contributed by atoms with Crippen LogP contribution in [0, 0.1) is 0 Å². The molecule has 8 nitrogen and oxygen atoms in total. The molecule has 0 unspecified atom stereocenters. The van der Waals surface area contributed by atoms with Crippen LogP contribution in [0.15, 0.2) is 11.1 Å². The number of sulfonamides is 1. The number of aryl methyl sites for hydroxylation is 1. The van der Waals surface area contributed by atoms with E-state index in [-0.39, 0.29) is 16.6 Å². The van der Waals surface area contributed by atoms with Crippen LogP contribution in [0.5, 0.6) is 0 Å². The molecule has 0 aromatic carbocycles. The highest BCUT2D eigenvalue weighted by Gasteiger charge is 2.22. The summed E-state index contributed by atoms with van der Waals surface area (Å²) in [5.74, 6) is -0.297. The van der Waals surface area contributed by atoms with Gasteiger partial charge in [0.05, 0.1) is 6.61 Å². The quantitative estimate of drug-likeness (QED) is 0.735. The molecule has 1 rings (SSSR count). The predicted octanol–water partition coefficient (Wildman–Crippen LogP) is -0.434. The van der Waals surface area contributed by atoms with Crippen LogP contribution in [0.3, 0.4) is 0 Å². The number of nitrogens with two attached hydrogens (primary N) is 1. The SMILES string of the molecule is CCCN(CCOC)C(=O)c1cc(S(N)(=O)=O)nn1C. The van der Waals surface area contributed by atoms with Gasteiger partial charge < -0.3 is 9.64 Å². The van der Waals surface area contributed by atoms with Crippen LogP contribution in [0.25, 0.3) is 0 Å². The van der Waals surface area contributed by atoms with E-state index in [1.54, 1.807) is 12.0 Å². The molecule has 1 amide bonds. The average molecular weight is 304 g/mol. The molecule has 0 saturated heterocycles. The van der Waals surface area contributed by atoms with Crippen molar-refractivity contribution in [3.63, 3.8) is 0 Å². The zero-order chi connectivity index (χ0) is 15.3. The number of amides is 1. The first-order valence-corrected chi connectivity index (χ1v) is 7.71. The summed E-state index contributed by atoms with van der Waals surface area (Å²) in [5, 5.41) is 8.44. The highest BCUT2D eigenvalue weighted by atomic mass is 32.2. The summed E-state index contributed by atoms with van der Waals surface area (Å²) in [6.45, 7) is 3.34. The van der Waals surface area contributed by atoms with Crippen LogP contribution in [-0.2, 0) is 21.8 Å². The highest BCUT2D eigenvalue weighted by Crippen LogP contribution is 2.11. The summed E-state index contributed by atoms with van der Waals surface area (Å²) >= 11 is 0. The molecule has 20 heavy (non-hydrogen) atoms. The molecule has 0 fully saturated rings. The van der Waals surface area contributed by atoms with Crippen LogP contribution in [0.2, 0.25) is 0 Å². The molecule has 1 aromatic heterocycles. The molecular formula is C11H20N4O4S. The third-order valence-corrected chi connectivity index (χ3v) is 3.50. The number of primary sulfonamides is 1. The molecule has 0 aliphatic heterocycles. The molecule has 1 aromatic rings. The summed E-state index contributed by atoms with van der Waals surface area (Å²) in [4.78, 5) is 14.0. The van der Waals surface area contributed by atoms with Gasteiger partial charge in [0.15, 0.2) is 5.03 Å². The molecule has 0 saturated carbocycles. The highest BCUT2D eigenvalue weighted by molar-refractivity contribution is 7.89. The Morgan fingerprint density at radius 3 is 2.60 bits per heavy atom. The van der Waals surface area contributed by atoms with Gasteiger partial charge in [-0.05, 0) is 6.42 Å². The minimum Gasteiger partial charge on any atom is -0.383 e. The third-order valence-electron chi connectivity index (χ3n) is 2.71. The number of aromatic nitrogens is 2. The molecular weight excluding hydrogens is 284 g/mol. The fourth-order valence-corrected chi connectivity index (χ4v) is 2.24. The van der Waals surface area contributed by atoms with Crippen molar-refractivity contribution in [1.29, 1.82) is 0 Å². The number of nitrogens with zero attached hydrogens (tertiary/aromatic N) is 3. The number of ether oxygens (including phenoxy) is 1. The van der Waals surface area contributed by atoms with Gasteiger partial charge in [0.2, 0.25) is 0 Å². The second kappa shape index (κ2) is 6.82. The van der Waals surface area contributed by atoms with E-state index in [1.165, 1.54) is 17.8 Å². The van der Waals surface area contributed by atoms with Gasteiger partial charge in [-0.25, -0.2) is 13.6 Å². The zero-order valence-corrected chi connectivity index (χ0v) is 12.7. The molecule has 114 valence electrons. The number of carbonyl (C=O) groups is 1. The molecule has 0 aliphatic carbocycles. The Bertz CT molecular complexity index is 567. The second-order valence-corrected chi connectivity index (χ2v) is 5.83. The van der Waals surface area contributed by atoms with Crippen molar-refractivity contribution < 1.29 is 17.9 Å². The molecule has 0 bridgehead atoms. The van der Waals surface area contributed by atoms with Crippen LogP contribution in [-0.4, -0.2) is 55.8 Å². The van der Waals surface area contributed by atoms with Gasteiger partial charge in [-0.1, -0.05) is 6.92 Å². The first-order valence-electron chi connectivity index (χ1n) is 6.16. The first kappa shape index (κ1) is 16.6. The Hall–Kier alpha value is -1.45. The van der Waals surface area contributed by atoms with E-state index < -0.39 is 10.0 Å². The Labute approximate surface area is 118 Å². The van der Waals surface area contributed by atoms with Crippen LogP contribution in [0.4, 0.5) is 0 Å². The Morgan fingerprint density at radius 2 is 2.15 bits per heavy atom. The Balaban J connectivity index is 3.02. The first-order chi connectivity index (χ1) is 9.31. The van der Waals surface area contributed by atoms with E-state index in [2.05, 4.69) is 5.10 Å². The standard InChI is InChI=1S/C11H20N4O4S/c1-4-5-15(6-7-19-3)11(16)9-8-10(13-14(9)2)20(12,17)18/h8H,4-7H2,1-3H3,(H2,12,17,18). The maximum absolute atomic E-state index is 12.4. The Kier molecular flexibility index (Phi) is 5.66. The van der Waals surface area contributed by atoms with E-state index in [4.69, 9.17) is 9.88 Å². The van der Waals surface area contributed by atoms with Gasteiger partial charge in [-0.15, -0.1) is 0 Å². The lowest BCUT2D eigenvalue weighted by Gasteiger charge is -2.21. The monoisotopic (exact) mass is 304 g/mol. The lowest BCUT2D eigenvalue weighted by molar-refractivity contribution is 0.0685. The minimum absolute atomic E-state index is 0.179. The zero-order valence-electron chi connectivity index (χ0n) is 11.9. The summed E-state index contributed by atoms with van der Waals surface area (Å²) in [6, 6.07) is 1.19. The van der Waals surface area contributed by atoms with E-state index in [0.717, 1.165) is 6.42 Å². The summed E-state index contributed by atoms with van der Waals surface area (Å²) in [7, 11) is -0.865. The maximum atomic E-state index is 12.4. The molecule has 9 heteroatoms. The minimum atomic E-state index is -3.92. The van der Waals surface area contributed by atoms with Gasteiger partial charge in [0.1, 0.15) is 5.69 Å². The summed E-state index contributed by atoms with van der Waals surface area (Å²) in [5.41, 5.74) is 0.179. The van der Waals surface area contributed by atoms with E-state index >= 15 is 0 Å². The molecule has 0 atom stereocenters. The van der Waals surface area contributed by atoms with Crippen molar-refractivity contribution in [2.45, 2.75) is 18.4 Å². The molecule has 1 heterocycles. The van der Waals surface area contributed by atoms with E-state index in [9.17, 15) is 13.2 Å². The van der Waals surface area contributed by atoms with Crippen LogP contribution < -0.4 is 5.14 Å². The fraction of sp³-hybridized carbons (Fsp3) is 0.636. The van der Waals surface area contributed by atoms with Gasteiger partial charge in [-0.2, -0.15) is 5.10 Å². The van der Waals surface area contributed by atoms with Crippen molar-refractivity contribution in [3.05, 3.63) is 11.8 Å². The Morgan fingerprint density at radius 1 is 1.50 bits per heavy atom. The number of methoxy groups -OCH3 is 1. The number of hydrogen-bond donors (Lipinski definition) is 1. The van der Waals surface area contributed by atoms with Crippen molar-refractivity contribution in [2.75, 3.05) is 26.8 Å². The number of rotatable bonds is 7. The van der Waals surface area contributed by atoms with Gasteiger partial charge in [-0.3, -0.25) is 9.48 Å². The van der Waals surface area contributed by atoms with Gasteiger partial charge >= 0.3 is 0 Å². The van der Waals surface area contributed by atoms with Crippen LogP contribution in [0.1, 0.15) is 23.8 Å².